The summed E-state index contributed by atoms with van der Waals surface area (Å²) in [6, 6.07) is 26.3. The van der Waals surface area contributed by atoms with Crippen molar-refractivity contribution in [3.8, 4) is 22.8 Å². The van der Waals surface area contributed by atoms with Crippen LogP contribution in [0, 0.1) is 6.92 Å². The van der Waals surface area contributed by atoms with Crippen molar-refractivity contribution in [1.82, 2.24) is 15.6 Å². The number of carbonyl (C=O) groups excluding carboxylic acids is 1. The maximum atomic E-state index is 12.6. The van der Waals surface area contributed by atoms with Gasteiger partial charge in [0.1, 0.15) is 5.69 Å². The van der Waals surface area contributed by atoms with E-state index in [-0.39, 0.29) is 17.4 Å². The molecule has 1 amide bonds. The van der Waals surface area contributed by atoms with Crippen LogP contribution in [-0.2, 0) is 4.79 Å². The van der Waals surface area contributed by atoms with Gasteiger partial charge in [-0.15, -0.1) is 5.10 Å². The summed E-state index contributed by atoms with van der Waals surface area (Å²) in [5, 5.41) is 26.9. The van der Waals surface area contributed by atoms with Crippen LogP contribution in [0.4, 0.5) is 0 Å². The first kappa shape index (κ1) is 24.5. The summed E-state index contributed by atoms with van der Waals surface area (Å²) in [5.74, 6) is 0.372. The average molecular weight is 528 g/mol. The molecular formula is C28H22ClN5O2S. The Morgan fingerprint density at radius 3 is 2.62 bits per heavy atom. The molecule has 0 saturated carbocycles. The van der Waals surface area contributed by atoms with E-state index in [1.54, 1.807) is 6.07 Å². The lowest BCUT2D eigenvalue weighted by molar-refractivity contribution is -0.625. The van der Waals surface area contributed by atoms with E-state index in [0.29, 0.717) is 15.7 Å². The highest BCUT2D eigenvalue weighted by atomic mass is 35.5. The molecule has 0 unspecified atom stereocenters. The fourth-order valence-electron chi connectivity index (χ4n) is 3.87. The van der Waals surface area contributed by atoms with Crippen molar-refractivity contribution in [3.05, 3.63) is 101 Å². The smallest absolute Gasteiger partial charge is 0.342 e. The zero-order valence-corrected chi connectivity index (χ0v) is 21.4. The maximum Gasteiger partial charge on any atom is 0.342 e. The Labute approximate surface area is 222 Å². The van der Waals surface area contributed by atoms with Crippen LogP contribution in [0.2, 0.25) is 5.02 Å². The maximum absolute atomic E-state index is 12.6. The highest BCUT2D eigenvalue weighted by molar-refractivity contribution is 7.99. The topological polar surface area (TPSA) is 97.1 Å². The molecule has 5 aromatic rings. The minimum atomic E-state index is -0.323. The first-order valence-electron chi connectivity index (χ1n) is 11.5. The van der Waals surface area contributed by atoms with Gasteiger partial charge in [0.25, 0.3) is 11.7 Å². The Morgan fingerprint density at radius 2 is 1.84 bits per heavy atom. The van der Waals surface area contributed by atoms with Crippen LogP contribution in [-0.4, -0.2) is 28.1 Å². The van der Waals surface area contributed by atoms with Crippen LogP contribution in [0.25, 0.3) is 27.8 Å². The van der Waals surface area contributed by atoms with Gasteiger partial charge in [-0.1, -0.05) is 71.4 Å². The van der Waals surface area contributed by atoms with E-state index < -0.39 is 0 Å². The first-order chi connectivity index (χ1) is 18.0. The van der Waals surface area contributed by atoms with Gasteiger partial charge in [-0.3, -0.25) is 4.79 Å². The SMILES string of the molecule is Cc1ccc(-c2[nH]nc(SCC(=O)NN=Cc3c([O-])ccc4ccccc34)[n+]2-c2ccc(Cl)cc2)cc1. The van der Waals surface area contributed by atoms with E-state index in [1.165, 1.54) is 24.0 Å². The molecule has 4 aromatic carbocycles. The second-order valence-corrected chi connectivity index (χ2v) is 9.69. The Kier molecular flexibility index (Phi) is 7.20. The van der Waals surface area contributed by atoms with Crippen molar-refractivity contribution in [1.29, 1.82) is 0 Å². The lowest BCUT2D eigenvalue weighted by Gasteiger charge is -2.12. The summed E-state index contributed by atoms with van der Waals surface area (Å²) < 4.78 is 1.95. The number of hydrazone groups is 1. The number of hydrogen-bond donors (Lipinski definition) is 2. The number of nitrogens with one attached hydrogen (secondary N) is 2. The number of benzene rings is 4. The molecule has 0 fully saturated rings. The quantitative estimate of drug-likeness (QED) is 0.138. The zero-order valence-electron chi connectivity index (χ0n) is 19.8. The van der Waals surface area contributed by atoms with E-state index in [4.69, 9.17) is 11.6 Å². The van der Waals surface area contributed by atoms with Crippen LogP contribution >= 0.6 is 23.4 Å². The van der Waals surface area contributed by atoms with Gasteiger partial charge in [0, 0.05) is 5.02 Å². The molecule has 0 aliphatic rings. The van der Waals surface area contributed by atoms with Gasteiger partial charge >= 0.3 is 5.16 Å². The van der Waals surface area contributed by atoms with Crippen LogP contribution in [0.3, 0.4) is 0 Å². The average Bonchev–Trinajstić information content (AvgIpc) is 3.33. The molecule has 0 saturated heterocycles. The Hall–Kier alpha value is -4.14. The third-order valence-electron chi connectivity index (χ3n) is 5.73. The Morgan fingerprint density at radius 1 is 1.08 bits per heavy atom. The van der Waals surface area contributed by atoms with Gasteiger partial charge in [-0.2, -0.15) is 9.67 Å². The second kappa shape index (κ2) is 10.9. The van der Waals surface area contributed by atoms with E-state index in [0.717, 1.165) is 33.4 Å². The second-order valence-electron chi connectivity index (χ2n) is 8.31. The summed E-state index contributed by atoms with van der Waals surface area (Å²) in [5.41, 5.74) is 5.91. The van der Waals surface area contributed by atoms with Crippen molar-refractivity contribution < 1.29 is 14.5 Å². The van der Waals surface area contributed by atoms with Gasteiger partial charge in [0.15, 0.2) is 0 Å². The predicted molar refractivity (Wildman–Crippen MR) is 145 cm³/mol. The number of aromatic amines is 1. The summed E-state index contributed by atoms with van der Waals surface area (Å²) in [4.78, 5) is 12.6. The number of aromatic nitrogens is 3. The molecule has 1 heterocycles. The molecule has 0 aliphatic heterocycles. The van der Waals surface area contributed by atoms with E-state index in [2.05, 4.69) is 20.7 Å². The third-order valence-corrected chi connectivity index (χ3v) is 6.92. The molecule has 2 N–H and O–H groups in total. The molecular weight excluding hydrogens is 506 g/mol. The number of nitrogens with zero attached hydrogens (tertiary/aromatic N) is 3. The highest BCUT2D eigenvalue weighted by Crippen LogP contribution is 2.24. The Bertz CT molecular complexity index is 1600. The molecule has 0 radical (unpaired) electrons. The molecule has 184 valence electrons. The summed E-state index contributed by atoms with van der Waals surface area (Å²) >= 11 is 7.37. The predicted octanol–water partition coefficient (Wildman–Crippen LogP) is 4.78. The number of rotatable bonds is 7. The molecule has 0 bridgehead atoms. The Balaban J connectivity index is 1.34. The van der Waals surface area contributed by atoms with Crippen LogP contribution in [0.5, 0.6) is 5.75 Å². The molecule has 1 aromatic heterocycles. The molecule has 5 rings (SSSR count). The lowest BCUT2D eigenvalue weighted by atomic mass is 10.0. The fraction of sp³-hybridized carbons (Fsp3) is 0.0714. The van der Waals surface area contributed by atoms with Crippen molar-refractivity contribution >= 4 is 46.3 Å². The van der Waals surface area contributed by atoms with E-state index in [9.17, 15) is 9.90 Å². The molecule has 9 heteroatoms. The lowest BCUT2D eigenvalue weighted by Crippen LogP contribution is -2.34. The summed E-state index contributed by atoms with van der Waals surface area (Å²) in [7, 11) is 0. The number of hydrogen-bond acceptors (Lipinski definition) is 5. The minimum absolute atomic E-state index is 0.0723. The van der Waals surface area contributed by atoms with Crippen LogP contribution < -0.4 is 15.1 Å². The van der Waals surface area contributed by atoms with Crippen LogP contribution in [0.1, 0.15) is 11.1 Å². The van der Waals surface area contributed by atoms with Gasteiger partial charge < -0.3 is 5.11 Å². The van der Waals surface area contributed by atoms with Gasteiger partial charge in [-0.25, -0.2) is 5.43 Å². The monoisotopic (exact) mass is 527 g/mol. The number of fused-ring (bicyclic) bond motifs is 1. The fourth-order valence-corrected chi connectivity index (χ4v) is 4.75. The molecule has 0 spiro atoms. The summed E-state index contributed by atoms with van der Waals surface area (Å²) in [6.07, 6.45) is 1.39. The summed E-state index contributed by atoms with van der Waals surface area (Å²) in [6.45, 7) is 2.03. The van der Waals surface area contributed by atoms with Gasteiger partial charge in [-0.05, 0) is 71.4 Å². The highest BCUT2D eigenvalue weighted by Gasteiger charge is 2.24. The van der Waals surface area contributed by atoms with Crippen LogP contribution in [0.15, 0.2) is 95.2 Å². The minimum Gasteiger partial charge on any atom is -0.872 e. The molecule has 37 heavy (non-hydrogen) atoms. The third kappa shape index (κ3) is 5.50. The van der Waals surface area contributed by atoms with Gasteiger partial charge in [0.05, 0.1) is 22.6 Å². The number of H-pyrrole nitrogens is 1. The van der Waals surface area contributed by atoms with E-state index in [1.807, 2.05) is 84.3 Å². The zero-order chi connectivity index (χ0) is 25.8. The van der Waals surface area contributed by atoms with Crippen molar-refractivity contribution in [2.24, 2.45) is 5.10 Å². The molecule has 7 nitrogen and oxygen atoms in total. The number of halogens is 1. The number of thioether (sulfide) groups is 1. The first-order valence-corrected chi connectivity index (χ1v) is 12.8. The standard InChI is InChI=1S/C28H22ClN5O2S/c1-18-6-8-20(9-7-18)27-32-33-28(34(27)22-13-11-21(29)12-14-22)37-17-26(36)31-30-16-24-23-5-3-2-4-19(23)10-15-25(24)35/h2-16H,17H2,1H3,(H2,30,31,35,36). The van der Waals surface area contributed by atoms with Crippen molar-refractivity contribution in [2.75, 3.05) is 5.75 Å². The molecule has 0 aliphatic carbocycles. The number of carbonyl (C=O) groups is 1. The largest absolute Gasteiger partial charge is 0.872 e. The van der Waals surface area contributed by atoms with Crippen molar-refractivity contribution in [2.45, 2.75) is 12.1 Å². The van der Waals surface area contributed by atoms with Gasteiger partial charge in [0.2, 0.25) is 0 Å². The molecule has 0 atom stereocenters. The normalized spacial score (nSPS) is 11.3. The van der Waals surface area contributed by atoms with E-state index >= 15 is 0 Å². The number of aryl methyl sites for hydroxylation is 1. The van der Waals surface area contributed by atoms with Crippen molar-refractivity contribution in [3.63, 3.8) is 0 Å². The number of amides is 1.